The van der Waals surface area contributed by atoms with Crippen LogP contribution in [0.4, 0.5) is 10.1 Å². The molecule has 0 radical (unpaired) electrons. The third-order valence-corrected chi connectivity index (χ3v) is 4.85. The number of carbonyl (C=O) groups is 1. The first-order valence-electron chi connectivity index (χ1n) is 9.63. The predicted octanol–water partition coefficient (Wildman–Crippen LogP) is 2.67. The van der Waals surface area contributed by atoms with Gasteiger partial charge in [0.25, 0.3) is 5.91 Å². The Bertz CT molecular complexity index is 1090. The van der Waals surface area contributed by atoms with Gasteiger partial charge in [-0.15, -0.1) is 0 Å². The summed E-state index contributed by atoms with van der Waals surface area (Å²) in [7, 11) is 3.52. The van der Waals surface area contributed by atoms with E-state index in [0.29, 0.717) is 28.0 Å². The summed E-state index contributed by atoms with van der Waals surface area (Å²) >= 11 is 0. The molecule has 3 aromatic rings. The third-order valence-electron chi connectivity index (χ3n) is 4.85. The summed E-state index contributed by atoms with van der Waals surface area (Å²) in [5, 5.41) is 17.5. The molecule has 158 valence electrons. The Morgan fingerprint density at radius 2 is 2.03 bits per heavy atom. The van der Waals surface area contributed by atoms with Crippen LogP contribution in [-0.4, -0.2) is 52.7 Å². The molecule has 2 heterocycles. The molecule has 0 atom stereocenters. The van der Waals surface area contributed by atoms with Crippen molar-refractivity contribution in [3.05, 3.63) is 53.2 Å². The van der Waals surface area contributed by atoms with E-state index in [1.807, 2.05) is 20.9 Å². The molecule has 1 aromatic carbocycles. The highest BCUT2D eigenvalue weighted by molar-refractivity contribution is 6.14. The van der Waals surface area contributed by atoms with Gasteiger partial charge in [0.05, 0.1) is 17.5 Å². The average molecular weight is 411 g/mol. The van der Waals surface area contributed by atoms with E-state index in [4.69, 9.17) is 5.41 Å². The van der Waals surface area contributed by atoms with Crippen LogP contribution in [0, 0.1) is 11.2 Å². The fourth-order valence-electron chi connectivity index (χ4n) is 3.14. The third kappa shape index (κ3) is 4.46. The van der Waals surface area contributed by atoms with Gasteiger partial charge in [0.15, 0.2) is 5.65 Å². The van der Waals surface area contributed by atoms with Crippen molar-refractivity contribution in [3.63, 3.8) is 0 Å². The lowest BCUT2D eigenvalue weighted by Crippen LogP contribution is -2.45. The molecule has 5 N–H and O–H groups in total. The van der Waals surface area contributed by atoms with E-state index in [-0.39, 0.29) is 17.3 Å². The molecular weight excluding hydrogens is 385 g/mol. The molecule has 0 spiro atoms. The molecular formula is C21H26FN7O. The first kappa shape index (κ1) is 21.4. The molecule has 0 aliphatic carbocycles. The maximum Gasteiger partial charge on any atom is 0.255 e. The van der Waals surface area contributed by atoms with E-state index >= 15 is 0 Å². The molecule has 0 fully saturated rings. The number of amides is 1. The van der Waals surface area contributed by atoms with E-state index in [2.05, 4.69) is 30.9 Å². The maximum atomic E-state index is 13.5. The number of aromatic nitrogens is 3. The summed E-state index contributed by atoms with van der Waals surface area (Å²) in [5.41, 5.74) is 2.12. The van der Waals surface area contributed by atoms with Crippen LogP contribution < -0.4 is 16.0 Å². The van der Waals surface area contributed by atoms with Crippen molar-refractivity contribution in [1.82, 2.24) is 25.6 Å². The van der Waals surface area contributed by atoms with Gasteiger partial charge in [0.2, 0.25) is 0 Å². The van der Waals surface area contributed by atoms with Gasteiger partial charge in [-0.05, 0) is 52.1 Å². The average Bonchev–Trinajstić information content (AvgIpc) is 3.14. The topological polar surface area (TPSA) is 119 Å². The minimum Gasteiger partial charge on any atom is -0.387 e. The lowest BCUT2D eigenvalue weighted by Gasteiger charge is -2.26. The molecule has 30 heavy (non-hydrogen) atoms. The van der Waals surface area contributed by atoms with Crippen LogP contribution in [0.3, 0.4) is 0 Å². The predicted molar refractivity (Wildman–Crippen MR) is 116 cm³/mol. The van der Waals surface area contributed by atoms with E-state index in [1.54, 1.807) is 13.2 Å². The second-order valence-corrected chi connectivity index (χ2v) is 7.66. The molecule has 1 amide bonds. The Kier molecular flexibility index (Phi) is 6.12. The van der Waals surface area contributed by atoms with Crippen LogP contribution in [0.15, 0.2) is 30.6 Å². The summed E-state index contributed by atoms with van der Waals surface area (Å²) in [6, 6.07) is 4.13. The van der Waals surface area contributed by atoms with Gasteiger partial charge >= 0.3 is 0 Å². The van der Waals surface area contributed by atoms with Crippen molar-refractivity contribution in [2.45, 2.75) is 25.8 Å². The SMILES string of the molecule is CNCCC(C)(C)NC(=O)c1c[nH]c2ncc(C(=N)c3ccc(F)cc3NC)nc12. The van der Waals surface area contributed by atoms with E-state index in [9.17, 15) is 9.18 Å². The lowest BCUT2D eigenvalue weighted by molar-refractivity contribution is 0.0911. The quantitative estimate of drug-likeness (QED) is 0.365. The number of aromatic amines is 1. The zero-order valence-electron chi connectivity index (χ0n) is 17.5. The van der Waals surface area contributed by atoms with Crippen LogP contribution in [-0.2, 0) is 0 Å². The number of H-pyrrole nitrogens is 1. The number of halogens is 1. The minimum absolute atomic E-state index is 0.0793. The molecule has 0 unspecified atom stereocenters. The number of hydrogen-bond donors (Lipinski definition) is 5. The van der Waals surface area contributed by atoms with Crippen LogP contribution in [0.25, 0.3) is 11.2 Å². The summed E-state index contributed by atoms with van der Waals surface area (Å²) < 4.78 is 13.5. The van der Waals surface area contributed by atoms with Crippen molar-refractivity contribution >= 4 is 28.5 Å². The Morgan fingerprint density at radius 3 is 2.73 bits per heavy atom. The van der Waals surface area contributed by atoms with Crippen LogP contribution in [0.2, 0.25) is 0 Å². The standard InChI is InChI=1S/C21H26FN7O/c1-21(2,7-8-24-3)29-20(30)14-10-26-19-18(14)28-16(11-27-19)17(23)13-6-5-12(22)9-15(13)25-4/h5-6,9-11,23-25H,7-8H2,1-4H3,(H,26,27)(H,29,30). The van der Waals surface area contributed by atoms with E-state index in [0.717, 1.165) is 13.0 Å². The fourth-order valence-corrected chi connectivity index (χ4v) is 3.14. The second-order valence-electron chi connectivity index (χ2n) is 7.66. The van der Waals surface area contributed by atoms with Crippen LogP contribution in [0.5, 0.6) is 0 Å². The van der Waals surface area contributed by atoms with Gasteiger partial charge in [-0.3, -0.25) is 10.2 Å². The molecule has 0 saturated heterocycles. The highest BCUT2D eigenvalue weighted by atomic mass is 19.1. The van der Waals surface area contributed by atoms with E-state index < -0.39 is 11.4 Å². The number of hydrogen-bond acceptors (Lipinski definition) is 6. The summed E-state index contributed by atoms with van der Waals surface area (Å²) in [6.07, 6.45) is 3.79. The molecule has 3 rings (SSSR count). The molecule has 8 nitrogen and oxygen atoms in total. The number of fused-ring (bicyclic) bond motifs is 1. The monoisotopic (exact) mass is 411 g/mol. The minimum atomic E-state index is -0.406. The highest BCUT2D eigenvalue weighted by Crippen LogP contribution is 2.22. The Morgan fingerprint density at radius 1 is 1.27 bits per heavy atom. The largest absolute Gasteiger partial charge is 0.387 e. The molecule has 0 aliphatic heterocycles. The number of benzene rings is 1. The normalized spacial score (nSPS) is 11.5. The number of nitrogens with one attached hydrogen (secondary N) is 5. The van der Waals surface area contributed by atoms with Crippen molar-refractivity contribution in [2.24, 2.45) is 0 Å². The Hall–Kier alpha value is -3.33. The molecule has 0 saturated carbocycles. The zero-order chi connectivity index (χ0) is 21.9. The zero-order valence-corrected chi connectivity index (χ0v) is 17.5. The Balaban J connectivity index is 1.93. The molecule has 0 bridgehead atoms. The lowest BCUT2D eigenvalue weighted by atomic mass is 10.00. The van der Waals surface area contributed by atoms with Gasteiger partial charge in [-0.25, -0.2) is 14.4 Å². The first-order valence-corrected chi connectivity index (χ1v) is 9.63. The Labute approximate surface area is 174 Å². The molecule has 9 heteroatoms. The first-order chi connectivity index (χ1) is 14.3. The maximum absolute atomic E-state index is 13.5. The fraction of sp³-hybridized carbons (Fsp3) is 0.333. The van der Waals surface area contributed by atoms with Crippen molar-refractivity contribution in [2.75, 3.05) is 26.0 Å². The van der Waals surface area contributed by atoms with Crippen LogP contribution in [0.1, 0.15) is 41.9 Å². The summed E-state index contributed by atoms with van der Waals surface area (Å²) in [4.78, 5) is 24.6. The van der Waals surface area contributed by atoms with Crippen molar-refractivity contribution in [1.29, 1.82) is 5.41 Å². The molecule has 0 aliphatic rings. The van der Waals surface area contributed by atoms with Crippen molar-refractivity contribution in [3.8, 4) is 0 Å². The van der Waals surface area contributed by atoms with Gasteiger partial charge < -0.3 is 20.9 Å². The molecule has 2 aromatic heterocycles. The number of nitrogens with zero attached hydrogens (tertiary/aromatic N) is 2. The smallest absolute Gasteiger partial charge is 0.255 e. The second kappa shape index (κ2) is 8.58. The van der Waals surface area contributed by atoms with E-state index in [1.165, 1.54) is 24.4 Å². The van der Waals surface area contributed by atoms with Crippen molar-refractivity contribution < 1.29 is 9.18 Å². The van der Waals surface area contributed by atoms with Gasteiger partial charge in [-0.1, -0.05) is 0 Å². The van der Waals surface area contributed by atoms with Crippen LogP contribution >= 0.6 is 0 Å². The van der Waals surface area contributed by atoms with Gasteiger partial charge in [0, 0.05) is 30.0 Å². The summed E-state index contributed by atoms with van der Waals surface area (Å²) in [5.74, 6) is -0.666. The van der Waals surface area contributed by atoms with Gasteiger partial charge in [-0.2, -0.15) is 0 Å². The number of anilines is 1. The van der Waals surface area contributed by atoms with Gasteiger partial charge in [0.1, 0.15) is 17.0 Å². The number of carbonyl (C=O) groups excluding carboxylic acids is 1. The summed E-state index contributed by atoms with van der Waals surface area (Å²) in [6.45, 7) is 4.68. The highest BCUT2D eigenvalue weighted by Gasteiger charge is 2.24. The number of rotatable bonds is 8.